The number of hydrogen-bond acceptors (Lipinski definition) is 6. The van der Waals surface area contributed by atoms with Gasteiger partial charge in [-0.3, -0.25) is 9.36 Å². The molecule has 4 aromatic rings. The number of hydrogen-bond donors (Lipinski definition) is 0. The summed E-state index contributed by atoms with van der Waals surface area (Å²) in [5, 5.41) is 0. The lowest BCUT2D eigenvalue weighted by molar-refractivity contribution is -0.139. The SMILES string of the molecule is C=CCOc1ccc([C@@H]2C(C(=O)OCC)=C(C)N=c3s/c(=C\c4cc(C)n(-c5ccc(Br)cc5)c4C)c(=O)n32)cc1. The molecule has 0 radical (unpaired) electrons. The molecule has 41 heavy (non-hydrogen) atoms. The number of rotatable bonds is 8. The van der Waals surface area contributed by atoms with Gasteiger partial charge < -0.3 is 14.0 Å². The zero-order chi connectivity index (χ0) is 29.3. The molecule has 0 bridgehead atoms. The standard InChI is InChI=1S/C32H30BrN3O4S/c1-6-16-40-26-14-8-22(9-15-26)29-28(31(38)39-7-2)20(4)34-32-36(29)30(37)27(41-32)18-23-17-19(3)35(21(23)5)25-12-10-24(33)11-13-25/h6,8-15,17-18,29H,1,7,16H2,2-5H3/b27-18-/t29-/m1/s1. The summed E-state index contributed by atoms with van der Waals surface area (Å²) in [7, 11) is 0. The molecule has 7 nitrogen and oxygen atoms in total. The Morgan fingerprint density at radius 1 is 1.12 bits per heavy atom. The van der Waals surface area contributed by atoms with Crippen molar-refractivity contribution in [2.45, 2.75) is 33.7 Å². The topological polar surface area (TPSA) is 74.8 Å². The molecule has 0 spiro atoms. The normalized spacial score (nSPS) is 15.0. The van der Waals surface area contributed by atoms with Crippen LogP contribution in [0, 0.1) is 13.8 Å². The number of esters is 1. The molecule has 210 valence electrons. The minimum Gasteiger partial charge on any atom is -0.490 e. The minimum absolute atomic E-state index is 0.214. The van der Waals surface area contributed by atoms with E-state index in [1.807, 2.05) is 56.3 Å². The summed E-state index contributed by atoms with van der Waals surface area (Å²) in [6.45, 7) is 11.9. The molecular weight excluding hydrogens is 602 g/mol. The average Bonchev–Trinajstić information content (AvgIpc) is 3.41. The van der Waals surface area contributed by atoms with Gasteiger partial charge in [0.2, 0.25) is 0 Å². The third-order valence-corrected chi connectivity index (χ3v) is 8.43. The highest BCUT2D eigenvalue weighted by Crippen LogP contribution is 2.32. The van der Waals surface area contributed by atoms with Crippen molar-refractivity contribution in [3.63, 3.8) is 0 Å². The van der Waals surface area contributed by atoms with Gasteiger partial charge in [-0.1, -0.05) is 52.1 Å². The number of halogens is 1. The molecule has 0 amide bonds. The van der Waals surface area contributed by atoms with Crippen LogP contribution in [0.1, 0.15) is 42.4 Å². The van der Waals surface area contributed by atoms with E-state index in [0.717, 1.165) is 32.7 Å². The highest BCUT2D eigenvalue weighted by atomic mass is 79.9. The Balaban J connectivity index is 1.65. The number of thiazole rings is 1. The van der Waals surface area contributed by atoms with E-state index in [2.05, 4.69) is 50.3 Å². The number of aryl methyl sites for hydroxylation is 1. The Labute approximate surface area is 250 Å². The molecule has 0 N–H and O–H groups in total. The van der Waals surface area contributed by atoms with E-state index in [-0.39, 0.29) is 12.2 Å². The molecule has 0 saturated carbocycles. The summed E-state index contributed by atoms with van der Waals surface area (Å²) >= 11 is 4.81. The summed E-state index contributed by atoms with van der Waals surface area (Å²) in [6, 6.07) is 16.9. The summed E-state index contributed by atoms with van der Waals surface area (Å²) in [5.41, 5.74) is 5.48. The first kappa shape index (κ1) is 28.6. The van der Waals surface area contributed by atoms with Crippen LogP contribution in [0.5, 0.6) is 5.75 Å². The van der Waals surface area contributed by atoms with Crippen LogP contribution in [0.4, 0.5) is 0 Å². The molecule has 2 aromatic carbocycles. The van der Waals surface area contributed by atoms with E-state index in [0.29, 0.717) is 33.0 Å². The number of benzene rings is 2. The number of carbonyl (C=O) groups excluding carboxylic acids is 1. The van der Waals surface area contributed by atoms with E-state index in [1.54, 1.807) is 24.5 Å². The zero-order valence-corrected chi connectivity index (χ0v) is 25.7. The van der Waals surface area contributed by atoms with E-state index in [9.17, 15) is 9.59 Å². The van der Waals surface area contributed by atoms with Crippen LogP contribution in [0.15, 0.2) is 92.8 Å². The molecule has 5 rings (SSSR count). The molecule has 0 unspecified atom stereocenters. The number of carbonyl (C=O) groups is 1. The first-order chi connectivity index (χ1) is 19.7. The van der Waals surface area contributed by atoms with E-state index in [4.69, 9.17) is 9.47 Å². The quantitative estimate of drug-likeness (QED) is 0.189. The second-order valence-electron chi connectivity index (χ2n) is 9.61. The maximum Gasteiger partial charge on any atom is 0.338 e. The van der Waals surface area contributed by atoms with Gasteiger partial charge >= 0.3 is 5.97 Å². The minimum atomic E-state index is -0.684. The highest BCUT2D eigenvalue weighted by molar-refractivity contribution is 9.10. The van der Waals surface area contributed by atoms with Crippen LogP contribution in [-0.4, -0.2) is 28.3 Å². The third-order valence-electron chi connectivity index (χ3n) is 6.92. The lowest BCUT2D eigenvalue weighted by atomic mass is 9.96. The Kier molecular flexibility index (Phi) is 8.28. The molecule has 3 heterocycles. The van der Waals surface area contributed by atoms with Gasteiger partial charge in [-0.25, -0.2) is 9.79 Å². The van der Waals surface area contributed by atoms with Gasteiger partial charge in [0, 0.05) is 21.5 Å². The predicted octanol–water partition coefficient (Wildman–Crippen LogP) is 5.53. The smallest absolute Gasteiger partial charge is 0.338 e. The Morgan fingerprint density at radius 3 is 2.49 bits per heavy atom. The van der Waals surface area contributed by atoms with Gasteiger partial charge in [0.1, 0.15) is 12.4 Å². The van der Waals surface area contributed by atoms with E-state index < -0.39 is 12.0 Å². The monoisotopic (exact) mass is 631 g/mol. The van der Waals surface area contributed by atoms with Gasteiger partial charge in [-0.15, -0.1) is 0 Å². The number of ether oxygens (including phenoxy) is 2. The molecule has 2 aromatic heterocycles. The molecule has 1 atom stereocenters. The van der Waals surface area contributed by atoms with Crippen LogP contribution in [-0.2, 0) is 9.53 Å². The molecule has 9 heteroatoms. The summed E-state index contributed by atoms with van der Waals surface area (Å²) in [4.78, 5) is 32.4. The van der Waals surface area contributed by atoms with Crippen molar-refractivity contribution < 1.29 is 14.3 Å². The van der Waals surface area contributed by atoms with Crippen LogP contribution in [0.2, 0.25) is 0 Å². The first-order valence-corrected chi connectivity index (χ1v) is 14.8. The predicted molar refractivity (Wildman–Crippen MR) is 165 cm³/mol. The lowest BCUT2D eigenvalue weighted by Crippen LogP contribution is -2.39. The largest absolute Gasteiger partial charge is 0.490 e. The zero-order valence-electron chi connectivity index (χ0n) is 23.3. The Bertz CT molecular complexity index is 1840. The van der Waals surface area contributed by atoms with Crippen LogP contribution in [0.25, 0.3) is 11.8 Å². The van der Waals surface area contributed by atoms with Gasteiger partial charge in [-0.05, 0) is 87.4 Å². The van der Waals surface area contributed by atoms with Gasteiger partial charge in [0.25, 0.3) is 5.56 Å². The van der Waals surface area contributed by atoms with Crippen molar-refractivity contribution >= 4 is 39.3 Å². The van der Waals surface area contributed by atoms with Crippen molar-refractivity contribution in [3.8, 4) is 11.4 Å². The maximum absolute atomic E-state index is 14.0. The number of nitrogens with zero attached hydrogens (tertiary/aromatic N) is 3. The second-order valence-corrected chi connectivity index (χ2v) is 11.5. The van der Waals surface area contributed by atoms with Crippen molar-refractivity contribution in [1.29, 1.82) is 0 Å². The molecule has 0 fully saturated rings. The summed E-state index contributed by atoms with van der Waals surface area (Å²) in [6.07, 6.45) is 3.58. The fourth-order valence-electron chi connectivity index (χ4n) is 5.07. The first-order valence-electron chi connectivity index (χ1n) is 13.2. The molecule has 0 aliphatic carbocycles. The Morgan fingerprint density at radius 2 is 1.83 bits per heavy atom. The second kappa shape index (κ2) is 11.9. The molecule has 0 saturated heterocycles. The summed E-state index contributed by atoms with van der Waals surface area (Å²) in [5.74, 6) is 0.179. The van der Waals surface area contributed by atoms with E-state index in [1.165, 1.54) is 11.3 Å². The van der Waals surface area contributed by atoms with Gasteiger partial charge in [0.05, 0.1) is 28.5 Å². The third kappa shape index (κ3) is 5.52. The van der Waals surface area contributed by atoms with Gasteiger partial charge in [-0.2, -0.15) is 0 Å². The number of aromatic nitrogens is 2. The van der Waals surface area contributed by atoms with Crippen LogP contribution in [0.3, 0.4) is 0 Å². The molecule has 1 aliphatic heterocycles. The highest BCUT2D eigenvalue weighted by Gasteiger charge is 2.33. The average molecular weight is 633 g/mol. The fourth-order valence-corrected chi connectivity index (χ4v) is 6.37. The summed E-state index contributed by atoms with van der Waals surface area (Å²) < 4.78 is 16.4. The number of fused-ring (bicyclic) bond motifs is 1. The number of allylic oxidation sites excluding steroid dienone is 1. The van der Waals surface area contributed by atoms with E-state index >= 15 is 0 Å². The van der Waals surface area contributed by atoms with Crippen molar-refractivity contribution in [3.05, 3.63) is 125 Å². The Hall–Kier alpha value is -3.95. The lowest BCUT2D eigenvalue weighted by Gasteiger charge is -2.24. The van der Waals surface area contributed by atoms with Crippen LogP contribution >= 0.6 is 27.3 Å². The van der Waals surface area contributed by atoms with Crippen molar-refractivity contribution in [1.82, 2.24) is 9.13 Å². The fraction of sp³-hybridized carbons (Fsp3) is 0.219. The molecular formula is C32H30BrN3O4S. The van der Waals surface area contributed by atoms with Gasteiger partial charge in [0.15, 0.2) is 4.80 Å². The maximum atomic E-state index is 14.0. The molecule has 1 aliphatic rings. The van der Waals surface area contributed by atoms with Crippen LogP contribution < -0.4 is 19.6 Å². The van der Waals surface area contributed by atoms with Crippen molar-refractivity contribution in [2.24, 2.45) is 4.99 Å². The van der Waals surface area contributed by atoms with Crippen molar-refractivity contribution in [2.75, 3.05) is 13.2 Å².